The zero-order valence-electron chi connectivity index (χ0n) is 14.0. The molecule has 0 fully saturated rings. The second-order valence-electron chi connectivity index (χ2n) is 6.32. The molecule has 0 bridgehead atoms. The first kappa shape index (κ1) is 14.9. The van der Waals surface area contributed by atoms with Crippen molar-refractivity contribution in [2.45, 2.75) is 32.9 Å². The molecule has 2 aliphatic rings. The topological polar surface area (TPSA) is 41.9 Å². The van der Waals surface area contributed by atoms with Gasteiger partial charge in [-0.05, 0) is 43.0 Å². The number of carbonyl (C=O) groups is 1. The predicted octanol–water partition coefficient (Wildman–Crippen LogP) is 3.68. The van der Waals surface area contributed by atoms with E-state index in [1.54, 1.807) is 0 Å². The third-order valence-electron chi connectivity index (χ3n) is 4.76. The Kier molecular flexibility index (Phi) is 3.60. The molecule has 2 aliphatic heterocycles. The van der Waals surface area contributed by atoms with Crippen LogP contribution in [0, 0.1) is 6.92 Å². The summed E-state index contributed by atoms with van der Waals surface area (Å²) in [6.45, 7) is 5.16. The summed E-state index contributed by atoms with van der Waals surface area (Å²) < 4.78 is 5.65. The lowest BCUT2D eigenvalue weighted by molar-refractivity contribution is 0.0703. The van der Waals surface area contributed by atoms with Gasteiger partial charge in [0, 0.05) is 18.8 Å². The summed E-state index contributed by atoms with van der Waals surface area (Å²) in [5, 5.41) is 0. The summed E-state index contributed by atoms with van der Waals surface area (Å²) in [4.78, 5) is 19.6. The molecule has 0 saturated heterocycles. The van der Waals surface area contributed by atoms with Crippen molar-refractivity contribution in [1.29, 1.82) is 0 Å². The zero-order chi connectivity index (χ0) is 16.7. The van der Waals surface area contributed by atoms with Crippen LogP contribution in [0.5, 0.6) is 5.75 Å². The van der Waals surface area contributed by atoms with Crippen LogP contribution in [-0.2, 0) is 13.0 Å². The van der Waals surface area contributed by atoms with E-state index in [4.69, 9.17) is 4.74 Å². The fraction of sp³-hybridized carbons (Fsp3) is 0.300. The maximum absolute atomic E-state index is 13.1. The van der Waals surface area contributed by atoms with Gasteiger partial charge in [-0.1, -0.05) is 24.3 Å². The number of hydrogen-bond acceptors (Lipinski definition) is 3. The molecule has 1 atom stereocenters. The van der Waals surface area contributed by atoms with Crippen LogP contribution >= 0.6 is 0 Å². The van der Waals surface area contributed by atoms with E-state index in [-0.39, 0.29) is 11.9 Å². The maximum Gasteiger partial charge on any atom is 0.256 e. The second-order valence-corrected chi connectivity index (χ2v) is 6.32. The first-order chi connectivity index (χ1) is 11.7. The van der Waals surface area contributed by atoms with Crippen LogP contribution in [0.15, 0.2) is 41.4 Å². The Bertz CT molecular complexity index is 842. The molecule has 2 aromatic carbocycles. The van der Waals surface area contributed by atoms with Crippen molar-refractivity contribution >= 4 is 17.8 Å². The van der Waals surface area contributed by atoms with Gasteiger partial charge in [-0.2, -0.15) is 0 Å². The summed E-state index contributed by atoms with van der Waals surface area (Å²) in [5.74, 6) is 0.845. The van der Waals surface area contributed by atoms with Gasteiger partial charge in [0.15, 0.2) is 0 Å². The molecule has 0 aliphatic carbocycles. The molecule has 0 spiro atoms. The molecule has 0 N–H and O–H groups in total. The van der Waals surface area contributed by atoms with E-state index in [0.29, 0.717) is 24.4 Å². The van der Waals surface area contributed by atoms with Crippen LogP contribution in [0.2, 0.25) is 0 Å². The highest BCUT2D eigenvalue weighted by molar-refractivity contribution is 6.03. The van der Waals surface area contributed by atoms with Gasteiger partial charge in [0.2, 0.25) is 0 Å². The average molecular weight is 320 g/mol. The van der Waals surface area contributed by atoms with Crippen molar-refractivity contribution in [3.8, 4) is 5.75 Å². The third kappa shape index (κ3) is 2.39. The molecule has 4 heteroatoms. The molecule has 4 nitrogen and oxygen atoms in total. The largest absolute Gasteiger partial charge is 0.494 e. The number of nitrogens with zero attached hydrogens (tertiary/aromatic N) is 2. The van der Waals surface area contributed by atoms with E-state index in [2.05, 4.69) is 23.2 Å². The highest BCUT2D eigenvalue weighted by Crippen LogP contribution is 2.34. The highest BCUT2D eigenvalue weighted by Gasteiger charge is 2.32. The lowest BCUT2D eigenvalue weighted by Gasteiger charge is -2.34. The van der Waals surface area contributed by atoms with Crippen molar-refractivity contribution in [2.75, 3.05) is 6.61 Å². The Balaban J connectivity index is 1.77. The Morgan fingerprint density at radius 3 is 2.83 bits per heavy atom. The van der Waals surface area contributed by atoms with Crippen LogP contribution in [0.4, 0.5) is 5.69 Å². The van der Waals surface area contributed by atoms with Crippen LogP contribution in [-0.4, -0.2) is 29.7 Å². The van der Waals surface area contributed by atoms with Crippen LogP contribution in [0.3, 0.4) is 0 Å². The molecule has 122 valence electrons. The minimum absolute atomic E-state index is 0.00986. The standard InChI is InChI=1S/C20H20N2O2/c1-3-24-19-10-18-17(8-13(19)2)20(23)22-12-15-7-5-4-6-14(15)9-16(22)11-21-18/h4-8,10-11,16H,3,9,12H2,1-2H3/t16-/m0/s1. The number of hydrogen-bond donors (Lipinski definition) is 0. The van der Waals surface area contributed by atoms with Gasteiger partial charge < -0.3 is 9.64 Å². The molecule has 0 radical (unpaired) electrons. The smallest absolute Gasteiger partial charge is 0.256 e. The molecule has 4 rings (SSSR count). The molecule has 24 heavy (non-hydrogen) atoms. The lowest BCUT2D eigenvalue weighted by Crippen LogP contribution is -2.44. The first-order valence-electron chi connectivity index (χ1n) is 8.36. The number of ether oxygens (including phenoxy) is 1. The van der Waals surface area contributed by atoms with Gasteiger partial charge in [0.1, 0.15) is 5.75 Å². The predicted molar refractivity (Wildman–Crippen MR) is 94.3 cm³/mol. The number of amides is 1. The minimum Gasteiger partial charge on any atom is -0.494 e. The molecule has 0 saturated carbocycles. The summed E-state index contributed by atoms with van der Waals surface area (Å²) >= 11 is 0. The van der Waals surface area contributed by atoms with Crippen LogP contribution < -0.4 is 4.74 Å². The van der Waals surface area contributed by atoms with E-state index in [1.807, 2.05) is 43.2 Å². The molecule has 0 unspecified atom stereocenters. The van der Waals surface area contributed by atoms with Crippen molar-refractivity contribution in [1.82, 2.24) is 4.90 Å². The quantitative estimate of drug-likeness (QED) is 0.847. The van der Waals surface area contributed by atoms with Gasteiger partial charge in [0.25, 0.3) is 5.91 Å². The second kappa shape index (κ2) is 5.78. The monoisotopic (exact) mass is 320 g/mol. The van der Waals surface area contributed by atoms with E-state index in [9.17, 15) is 4.79 Å². The highest BCUT2D eigenvalue weighted by atomic mass is 16.5. The maximum atomic E-state index is 13.1. The van der Waals surface area contributed by atoms with Gasteiger partial charge in [-0.15, -0.1) is 0 Å². The Morgan fingerprint density at radius 1 is 1.25 bits per heavy atom. The van der Waals surface area contributed by atoms with Gasteiger partial charge in [0.05, 0.1) is 23.9 Å². The van der Waals surface area contributed by atoms with E-state index >= 15 is 0 Å². The fourth-order valence-corrected chi connectivity index (χ4v) is 3.49. The van der Waals surface area contributed by atoms with E-state index in [1.165, 1.54) is 11.1 Å². The number of carbonyl (C=O) groups excluding carboxylic acids is 1. The molecular formula is C20H20N2O2. The number of aliphatic imine (C=N–C) groups is 1. The van der Waals surface area contributed by atoms with E-state index in [0.717, 1.165) is 17.7 Å². The molecule has 2 heterocycles. The fourth-order valence-electron chi connectivity index (χ4n) is 3.49. The van der Waals surface area contributed by atoms with Crippen molar-refractivity contribution < 1.29 is 9.53 Å². The zero-order valence-corrected chi connectivity index (χ0v) is 14.0. The number of rotatable bonds is 2. The normalized spacial score (nSPS) is 18.5. The molecule has 2 aromatic rings. The van der Waals surface area contributed by atoms with Crippen LogP contribution in [0.25, 0.3) is 0 Å². The third-order valence-corrected chi connectivity index (χ3v) is 4.76. The number of aryl methyl sites for hydroxylation is 1. The summed E-state index contributed by atoms with van der Waals surface area (Å²) in [6.07, 6.45) is 2.72. The minimum atomic E-state index is 0.00986. The van der Waals surface area contributed by atoms with E-state index < -0.39 is 0 Å². The molecule has 0 aromatic heterocycles. The Labute approximate surface area is 141 Å². The van der Waals surface area contributed by atoms with Gasteiger partial charge in [-0.3, -0.25) is 9.79 Å². The van der Waals surface area contributed by atoms with Gasteiger partial charge in [-0.25, -0.2) is 0 Å². The average Bonchev–Trinajstić information content (AvgIpc) is 2.72. The van der Waals surface area contributed by atoms with Crippen molar-refractivity contribution in [3.05, 3.63) is 58.7 Å². The van der Waals surface area contributed by atoms with Gasteiger partial charge >= 0.3 is 0 Å². The first-order valence-corrected chi connectivity index (χ1v) is 8.36. The van der Waals surface area contributed by atoms with Crippen molar-refractivity contribution in [3.63, 3.8) is 0 Å². The Morgan fingerprint density at radius 2 is 2.04 bits per heavy atom. The number of fused-ring (bicyclic) bond motifs is 3. The SMILES string of the molecule is CCOc1cc2c(cc1C)C(=O)N1Cc3ccccc3C[C@H]1C=N2. The lowest BCUT2D eigenvalue weighted by atomic mass is 9.94. The molecular weight excluding hydrogens is 300 g/mol. The summed E-state index contributed by atoms with van der Waals surface area (Å²) in [6, 6.07) is 12.1. The number of benzene rings is 2. The van der Waals surface area contributed by atoms with Crippen molar-refractivity contribution in [2.24, 2.45) is 4.99 Å². The summed E-state index contributed by atoms with van der Waals surface area (Å²) in [5.41, 5.74) is 4.85. The van der Waals surface area contributed by atoms with Crippen LogP contribution in [0.1, 0.15) is 34.0 Å². The summed E-state index contributed by atoms with van der Waals surface area (Å²) in [7, 11) is 0. The molecule has 1 amide bonds. The Hall–Kier alpha value is -2.62.